The first kappa shape index (κ1) is 16.9. The van der Waals surface area contributed by atoms with Gasteiger partial charge in [-0.25, -0.2) is 0 Å². The van der Waals surface area contributed by atoms with Gasteiger partial charge in [-0.15, -0.1) is 0 Å². The number of amides is 1. The van der Waals surface area contributed by atoms with Crippen LogP contribution in [-0.2, 0) is 6.54 Å². The van der Waals surface area contributed by atoms with Gasteiger partial charge < -0.3 is 14.3 Å². The van der Waals surface area contributed by atoms with Crippen LogP contribution in [0.3, 0.4) is 0 Å². The van der Waals surface area contributed by atoms with Crippen LogP contribution in [0.15, 0.2) is 28.9 Å². The molecule has 1 aliphatic rings. The molecule has 0 saturated heterocycles. The smallest absolute Gasteiger partial charge is 0.253 e. The number of nitrogens with one attached hydrogen (secondary N) is 1. The molecule has 0 spiro atoms. The molecule has 24 heavy (non-hydrogen) atoms. The van der Waals surface area contributed by atoms with E-state index in [9.17, 15) is 4.79 Å². The van der Waals surface area contributed by atoms with E-state index in [1.54, 1.807) is 6.26 Å². The Bertz CT molecular complexity index is 662. The number of carbonyl (C=O) groups is 1. The van der Waals surface area contributed by atoms with Gasteiger partial charge in [-0.05, 0) is 44.9 Å². The SMILES string of the molecule is Cc1cc(C(=O)NC2CCCCCCC2)c(C)n1Cc1ccco1. The fourth-order valence-corrected chi connectivity index (χ4v) is 3.70. The van der Waals surface area contributed by atoms with E-state index < -0.39 is 0 Å². The fourth-order valence-electron chi connectivity index (χ4n) is 3.70. The van der Waals surface area contributed by atoms with E-state index in [1.165, 1.54) is 32.1 Å². The molecule has 4 heteroatoms. The third-order valence-electron chi connectivity index (χ3n) is 5.15. The summed E-state index contributed by atoms with van der Waals surface area (Å²) in [5.41, 5.74) is 2.89. The van der Waals surface area contributed by atoms with Crippen LogP contribution in [-0.4, -0.2) is 16.5 Å². The van der Waals surface area contributed by atoms with Gasteiger partial charge in [0.2, 0.25) is 0 Å². The summed E-state index contributed by atoms with van der Waals surface area (Å²) in [5.74, 6) is 0.975. The van der Waals surface area contributed by atoms with Crippen molar-refractivity contribution in [1.82, 2.24) is 9.88 Å². The Kier molecular flexibility index (Phi) is 5.44. The van der Waals surface area contributed by atoms with Crippen LogP contribution in [0.4, 0.5) is 0 Å². The van der Waals surface area contributed by atoms with Gasteiger partial charge in [0, 0.05) is 17.4 Å². The highest BCUT2D eigenvalue weighted by atomic mass is 16.3. The molecule has 1 aliphatic carbocycles. The number of furan rings is 1. The Labute approximate surface area is 144 Å². The second kappa shape index (κ2) is 7.73. The highest BCUT2D eigenvalue weighted by Gasteiger charge is 2.20. The molecule has 0 aromatic carbocycles. The van der Waals surface area contributed by atoms with Crippen molar-refractivity contribution in [3.63, 3.8) is 0 Å². The number of hydrogen-bond acceptors (Lipinski definition) is 2. The molecule has 0 unspecified atom stereocenters. The van der Waals surface area contributed by atoms with E-state index in [1.807, 2.05) is 32.0 Å². The lowest BCUT2D eigenvalue weighted by molar-refractivity contribution is 0.0929. The van der Waals surface area contributed by atoms with E-state index in [4.69, 9.17) is 4.42 Å². The summed E-state index contributed by atoms with van der Waals surface area (Å²) in [6.45, 7) is 4.73. The number of aryl methyl sites for hydroxylation is 1. The predicted molar refractivity (Wildman–Crippen MR) is 95.3 cm³/mol. The minimum atomic E-state index is 0.0689. The fraction of sp³-hybridized carbons (Fsp3) is 0.550. The van der Waals surface area contributed by atoms with Crippen molar-refractivity contribution < 1.29 is 9.21 Å². The maximum atomic E-state index is 12.8. The third kappa shape index (κ3) is 3.92. The normalized spacial score (nSPS) is 16.6. The average molecular weight is 328 g/mol. The van der Waals surface area contributed by atoms with Crippen molar-refractivity contribution in [3.05, 3.63) is 47.2 Å². The van der Waals surface area contributed by atoms with Gasteiger partial charge in [0.15, 0.2) is 0 Å². The number of nitrogens with zero attached hydrogens (tertiary/aromatic N) is 1. The van der Waals surface area contributed by atoms with Crippen molar-refractivity contribution in [1.29, 1.82) is 0 Å². The van der Waals surface area contributed by atoms with Gasteiger partial charge >= 0.3 is 0 Å². The number of hydrogen-bond donors (Lipinski definition) is 1. The summed E-state index contributed by atoms with van der Waals surface area (Å²) in [4.78, 5) is 12.8. The zero-order chi connectivity index (χ0) is 16.9. The molecule has 1 N–H and O–H groups in total. The largest absolute Gasteiger partial charge is 0.467 e. The number of rotatable bonds is 4. The summed E-state index contributed by atoms with van der Waals surface area (Å²) in [6, 6.07) is 6.18. The van der Waals surface area contributed by atoms with Crippen LogP contribution in [0.5, 0.6) is 0 Å². The van der Waals surface area contributed by atoms with Crippen molar-refractivity contribution in [2.75, 3.05) is 0 Å². The molecule has 0 atom stereocenters. The van der Waals surface area contributed by atoms with Crippen LogP contribution >= 0.6 is 0 Å². The lowest BCUT2D eigenvalue weighted by atomic mass is 9.96. The summed E-state index contributed by atoms with van der Waals surface area (Å²) in [7, 11) is 0. The Morgan fingerprint density at radius 3 is 2.58 bits per heavy atom. The zero-order valence-electron chi connectivity index (χ0n) is 14.8. The minimum Gasteiger partial charge on any atom is -0.467 e. The lowest BCUT2D eigenvalue weighted by Crippen LogP contribution is -2.35. The second-order valence-corrected chi connectivity index (χ2v) is 6.97. The van der Waals surface area contributed by atoms with E-state index in [0.717, 1.165) is 35.6 Å². The standard InChI is InChI=1S/C20H28N2O2/c1-15-13-19(16(2)22(15)14-18-11-8-12-24-18)20(23)21-17-9-6-4-3-5-7-10-17/h8,11-13,17H,3-7,9-10,14H2,1-2H3,(H,21,23). The molecule has 1 saturated carbocycles. The highest BCUT2D eigenvalue weighted by Crippen LogP contribution is 2.20. The van der Waals surface area contributed by atoms with Crippen LogP contribution < -0.4 is 5.32 Å². The van der Waals surface area contributed by atoms with Gasteiger partial charge in [-0.3, -0.25) is 4.79 Å². The Hall–Kier alpha value is -1.97. The Morgan fingerprint density at radius 1 is 1.21 bits per heavy atom. The monoisotopic (exact) mass is 328 g/mol. The van der Waals surface area contributed by atoms with Crippen molar-refractivity contribution in [2.45, 2.75) is 71.4 Å². The maximum Gasteiger partial charge on any atom is 0.253 e. The summed E-state index contributed by atoms with van der Waals surface area (Å²) >= 11 is 0. The quantitative estimate of drug-likeness (QED) is 0.892. The Morgan fingerprint density at radius 2 is 1.92 bits per heavy atom. The van der Waals surface area contributed by atoms with Crippen molar-refractivity contribution in [2.24, 2.45) is 0 Å². The number of aromatic nitrogens is 1. The van der Waals surface area contributed by atoms with Gasteiger partial charge in [-0.2, -0.15) is 0 Å². The van der Waals surface area contributed by atoms with E-state index in [2.05, 4.69) is 9.88 Å². The molecule has 2 aromatic heterocycles. The van der Waals surface area contributed by atoms with Crippen LogP contribution in [0, 0.1) is 13.8 Å². The molecule has 2 aromatic rings. The summed E-state index contributed by atoms with van der Waals surface area (Å²) < 4.78 is 7.59. The minimum absolute atomic E-state index is 0.0689. The van der Waals surface area contributed by atoms with Gasteiger partial charge in [-0.1, -0.05) is 32.1 Å². The van der Waals surface area contributed by atoms with Gasteiger partial charge in [0.1, 0.15) is 5.76 Å². The second-order valence-electron chi connectivity index (χ2n) is 6.97. The molecule has 0 bridgehead atoms. The highest BCUT2D eigenvalue weighted by molar-refractivity contribution is 5.95. The molecular weight excluding hydrogens is 300 g/mol. The molecule has 0 aliphatic heterocycles. The molecule has 0 radical (unpaired) electrons. The molecule has 2 heterocycles. The molecule has 1 amide bonds. The Balaban J connectivity index is 1.70. The van der Waals surface area contributed by atoms with Crippen LogP contribution in [0.25, 0.3) is 0 Å². The topological polar surface area (TPSA) is 47.2 Å². The summed E-state index contributed by atoms with van der Waals surface area (Å²) in [5, 5.41) is 3.27. The van der Waals surface area contributed by atoms with E-state index in [-0.39, 0.29) is 5.91 Å². The number of carbonyl (C=O) groups excluding carboxylic acids is 1. The summed E-state index contributed by atoms with van der Waals surface area (Å²) in [6.07, 6.45) is 10.3. The van der Waals surface area contributed by atoms with Crippen molar-refractivity contribution >= 4 is 5.91 Å². The van der Waals surface area contributed by atoms with E-state index in [0.29, 0.717) is 12.6 Å². The van der Waals surface area contributed by atoms with E-state index >= 15 is 0 Å². The first-order valence-electron chi connectivity index (χ1n) is 9.15. The molecule has 3 rings (SSSR count). The molecule has 130 valence electrons. The van der Waals surface area contributed by atoms with Crippen molar-refractivity contribution in [3.8, 4) is 0 Å². The first-order chi connectivity index (χ1) is 11.6. The predicted octanol–water partition coefficient (Wildman–Crippen LogP) is 4.59. The maximum absolute atomic E-state index is 12.8. The first-order valence-corrected chi connectivity index (χ1v) is 9.15. The van der Waals surface area contributed by atoms with Gasteiger partial charge in [0.05, 0.1) is 18.4 Å². The lowest BCUT2D eigenvalue weighted by Gasteiger charge is -2.21. The zero-order valence-corrected chi connectivity index (χ0v) is 14.8. The molecule has 1 fully saturated rings. The molecular formula is C20H28N2O2. The van der Waals surface area contributed by atoms with Crippen LogP contribution in [0.1, 0.15) is 72.5 Å². The van der Waals surface area contributed by atoms with Gasteiger partial charge in [0.25, 0.3) is 5.91 Å². The molecule has 4 nitrogen and oxygen atoms in total. The van der Waals surface area contributed by atoms with Crippen LogP contribution in [0.2, 0.25) is 0 Å². The average Bonchev–Trinajstić information content (AvgIpc) is 3.13. The third-order valence-corrected chi connectivity index (χ3v) is 5.15.